The van der Waals surface area contributed by atoms with Gasteiger partial charge in [-0.1, -0.05) is 30.7 Å². The molecule has 0 spiro atoms. The van der Waals surface area contributed by atoms with Crippen molar-refractivity contribution in [1.82, 2.24) is 15.1 Å². The van der Waals surface area contributed by atoms with Crippen LogP contribution in [0.1, 0.15) is 18.9 Å². The van der Waals surface area contributed by atoms with Crippen LogP contribution in [0.5, 0.6) is 0 Å². The number of hydrogen-bond acceptors (Lipinski definition) is 3. The first kappa shape index (κ1) is 16.8. The topological polar surface area (TPSA) is 18.5 Å². The maximum atomic E-state index is 6.13. The molecule has 0 amide bonds. The summed E-state index contributed by atoms with van der Waals surface area (Å²) in [5.41, 5.74) is 1.31. The summed E-state index contributed by atoms with van der Waals surface area (Å²) in [6.45, 7) is 6.67. The van der Waals surface area contributed by atoms with E-state index in [9.17, 15) is 0 Å². The van der Waals surface area contributed by atoms with E-state index in [0.717, 1.165) is 24.5 Å². The highest BCUT2D eigenvalue weighted by Gasteiger charge is 2.28. The zero-order chi connectivity index (χ0) is 15.2. The second-order valence-corrected chi connectivity index (χ2v) is 6.60. The van der Waals surface area contributed by atoms with Gasteiger partial charge in [-0.2, -0.15) is 0 Å². The molecule has 2 rings (SSSR count). The smallest absolute Gasteiger partial charge is 0.0408 e. The molecule has 1 fully saturated rings. The van der Waals surface area contributed by atoms with Crippen LogP contribution in [0, 0.1) is 0 Å². The van der Waals surface area contributed by atoms with Gasteiger partial charge in [0.1, 0.15) is 0 Å². The van der Waals surface area contributed by atoms with Crippen molar-refractivity contribution in [3.8, 4) is 0 Å². The summed E-state index contributed by atoms with van der Waals surface area (Å²) in [6, 6.07) is 9.25. The zero-order valence-electron chi connectivity index (χ0n) is 13.5. The first-order valence-electron chi connectivity index (χ1n) is 7.96. The Kier molecular flexibility index (Phi) is 6.49. The quantitative estimate of drug-likeness (QED) is 0.901. The van der Waals surface area contributed by atoms with E-state index in [1.165, 1.54) is 25.1 Å². The minimum Gasteiger partial charge on any atom is -0.312 e. The molecule has 1 N–H and O–H groups in total. The molecule has 1 aliphatic heterocycles. The molecule has 3 nitrogen and oxygen atoms in total. The maximum absolute atomic E-state index is 6.13. The van der Waals surface area contributed by atoms with E-state index in [-0.39, 0.29) is 0 Å². The molecular weight excluding hydrogens is 282 g/mol. The Bertz CT molecular complexity index is 438. The Labute approximate surface area is 134 Å². The molecule has 2 unspecified atom stereocenters. The first-order chi connectivity index (χ1) is 10.1. The molecule has 0 aromatic heterocycles. The minimum absolute atomic E-state index is 0.457. The predicted molar refractivity (Wildman–Crippen MR) is 91.2 cm³/mol. The third kappa shape index (κ3) is 4.96. The maximum Gasteiger partial charge on any atom is 0.0408 e. The van der Waals surface area contributed by atoms with Crippen molar-refractivity contribution < 1.29 is 0 Å². The van der Waals surface area contributed by atoms with Crippen LogP contribution in [-0.4, -0.2) is 62.2 Å². The minimum atomic E-state index is 0.457. The number of nitrogens with one attached hydrogen (secondary N) is 1. The third-order valence-electron chi connectivity index (χ3n) is 4.39. The van der Waals surface area contributed by atoms with Crippen LogP contribution >= 0.6 is 11.6 Å². The van der Waals surface area contributed by atoms with Gasteiger partial charge in [-0.05, 0) is 64.3 Å². The van der Waals surface area contributed by atoms with Gasteiger partial charge in [-0.3, -0.25) is 0 Å². The summed E-state index contributed by atoms with van der Waals surface area (Å²) in [4.78, 5) is 4.97. The molecule has 1 aromatic rings. The molecule has 1 heterocycles. The largest absolute Gasteiger partial charge is 0.312 e. The van der Waals surface area contributed by atoms with Crippen LogP contribution in [0.15, 0.2) is 24.3 Å². The lowest BCUT2D eigenvalue weighted by molar-refractivity contribution is 0.178. The first-order valence-corrected chi connectivity index (χ1v) is 8.34. The van der Waals surface area contributed by atoms with Crippen molar-refractivity contribution in [3.05, 3.63) is 34.9 Å². The van der Waals surface area contributed by atoms with Crippen molar-refractivity contribution in [2.45, 2.75) is 31.8 Å². The molecule has 1 aliphatic rings. The number of benzene rings is 1. The Balaban J connectivity index is 2.12. The van der Waals surface area contributed by atoms with E-state index in [2.05, 4.69) is 48.3 Å². The van der Waals surface area contributed by atoms with Crippen LogP contribution in [-0.2, 0) is 6.42 Å². The number of likely N-dealkylation sites (N-methyl/N-ethyl adjacent to an activating group) is 3. The Morgan fingerprint density at radius 1 is 1.33 bits per heavy atom. The average Bonchev–Trinajstić information content (AvgIpc) is 2.60. The molecule has 4 heteroatoms. The van der Waals surface area contributed by atoms with E-state index in [4.69, 9.17) is 11.6 Å². The molecule has 0 aliphatic carbocycles. The van der Waals surface area contributed by atoms with Gasteiger partial charge in [0.2, 0.25) is 0 Å². The van der Waals surface area contributed by atoms with Gasteiger partial charge in [0.25, 0.3) is 0 Å². The van der Waals surface area contributed by atoms with E-state index in [1.807, 2.05) is 12.1 Å². The zero-order valence-corrected chi connectivity index (χ0v) is 14.2. The van der Waals surface area contributed by atoms with Gasteiger partial charge in [0, 0.05) is 23.7 Å². The van der Waals surface area contributed by atoms with Crippen LogP contribution in [0.2, 0.25) is 5.02 Å². The monoisotopic (exact) mass is 309 g/mol. The molecule has 118 valence electrons. The van der Waals surface area contributed by atoms with Crippen molar-refractivity contribution in [2.75, 3.05) is 40.3 Å². The van der Waals surface area contributed by atoms with Gasteiger partial charge in [0.15, 0.2) is 0 Å². The molecule has 0 saturated carbocycles. The molecule has 1 aromatic carbocycles. The molecule has 0 bridgehead atoms. The fourth-order valence-corrected chi connectivity index (χ4v) is 3.48. The average molecular weight is 310 g/mol. The van der Waals surface area contributed by atoms with Gasteiger partial charge in [0.05, 0.1) is 0 Å². The molecular formula is C17H28ClN3. The summed E-state index contributed by atoms with van der Waals surface area (Å²) >= 11 is 6.13. The number of halogens is 1. The van der Waals surface area contributed by atoms with Gasteiger partial charge in [-0.25, -0.2) is 0 Å². The second-order valence-electron chi connectivity index (χ2n) is 6.16. The van der Waals surface area contributed by atoms with E-state index >= 15 is 0 Å². The van der Waals surface area contributed by atoms with Crippen LogP contribution < -0.4 is 5.32 Å². The van der Waals surface area contributed by atoms with Crippen LogP contribution in [0.4, 0.5) is 0 Å². The van der Waals surface area contributed by atoms with Gasteiger partial charge >= 0.3 is 0 Å². The summed E-state index contributed by atoms with van der Waals surface area (Å²) in [6.07, 6.45) is 2.27. The molecule has 21 heavy (non-hydrogen) atoms. The van der Waals surface area contributed by atoms with E-state index < -0.39 is 0 Å². The fourth-order valence-electron chi connectivity index (χ4n) is 3.26. The van der Waals surface area contributed by atoms with Gasteiger partial charge in [-0.15, -0.1) is 0 Å². The lowest BCUT2D eigenvalue weighted by Gasteiger charge is -2.35. The van der Waals surface area contributed by atoms with E-state index in [1.54, 1.807) is 0 Å². The van der Waals surface area contributed by atoms with Crippen molar-refractivity contribution in [1.29, 1.82) is 0 Å². The summed E-state index contributed by atoms with van der Waals surface area (Å²) in [5.74, 6) is 0. The summed E-state index contributed by atoms with van der Waals surface area (Å²) in [7, 11) is 4.49. The SMILES string of the molecule is CCNC(Cc1cccc(Cl)c1)C1CN(C)CCCN1C. The third-order valence-corrected chi connectivity index (χ3v) is 4.63. The standard InChI is InChI=1S/C17H28ClN3/c1-4-19-16(12-14-7-5-8-15(18)11-14)17-13-20(2)9-6-10-21(17)3/h5,7-8,11,16-17,19H,4,6,9-10,12-13H2,1-3H3. The van der Waals surface area contributed by atoms with Crippen LogP contribution in [0.25, 0.3) is 0 Å². The van der Waals surface area contributed by atoms with Crippen molar-refractivity contribution >= 4 is 11.6 Å². The molecule has 1 saturated heterocycles. The highest BCUT2D eigenvalue weighted by Crippen LogP contribution is 2.17. The lowest BCUT2D eigenvalue weighted by Crippen LogP contribution is -2.53. The predicted octanol–water partition coefficient (Wildman–Crippen LogP) is 2.50. The number of hydrogen-bond donors (Lipinski definition) is 1. The Morgan fingerprint density at radius 3 is 2.86 bits per heavy atom. The second kappa shape index (κ2) is 8.14. The Morgan fingerprint density at radius 2 is 2.14 bits per heavy atom. The van der Waals surface area contributed by atoms with Crippen LogP contribution in [0.3, 0.4) is 0 Å². The van der Waals surface area contributed by atoms with Crippen molar-refractivity contribution in [3.63, 3.8) is 0 Å². The van der Waals surface area contributed by atoms with Crippen molar-refractivity contribution in [2.24, 2.45) is 0 Å². The lowest BCUT2D eigenvalue weighted by atomic mass is 9.98. The highest BCUT2D eigenvalue weighted by atomic mass is 35.5. The number of rotatable bonds is 5. The van der Waals surface area contributed by atoms with Gasteiger partial charge < -0.3 is 15.1 Å². The molecule has 2 atom stereocenters. The summed E-state index contributed by atoms with van der Waals surface area (Å²) in [5, 5.41) is 4.52. The fraction of sp³-hybridized carbons (Fsp3) is 0.647. The number of nitrogens with zero attached hydrogens (tertiary/aromatic N) is 2. The van der Waals surface area contributed by atoms with E-state index in [0.29, 0.717) is 12.1 Å². The normalized spacial score (nSPS) is 23.0. The molecule has 0 radical (unpaired) electrons. The Hall–Kier alpha value is -0.610. The summed E-state index contributed by atoms with van der Waals surface area (Å²) < 4.78 is 0. The highest BCUT2D eigenvalue weighted by molar-refractivity contribution is 6.30.